The summed E-state index contributed by atoms with van der Waals surface area (Å²) in [5.74, 6) is 0.0132. The van der Waals surface area contributed by atoms with E-state index in [1.807, 2.05) is 13.0 Å². The zero-order valence-corrected chi connectivity index (χ0v) is 11.4. The Balaban J connectivity index is 2.28. The molecule has 0 aliphatic heterocycles. The lowest BCUT2D eigenvalue weighted by molar-refractivity contribution is -0.120. The Kier molecular flexibility index (Phi) is 5.60. The third-order valence-corrected chi connectivity index (χ3v) is 4.13. The highest BCUT2D eigenvalue weighted by Crippen LogP contribution is 2.31. The number of likely N-dealkylation sites (N-methyl/N-ethyl adjacent to an activating group) is 1. The molecule has 0 bridgehead atoms. The van der Waals surface area contributed by atoms with Crippen LogP contribution in [0.15, 0.2) is 10.5 Å². The zero-order chi connectivity index (χ0) is 11.3. The number of amides is 1. The van der Waals surface area contributed by atoms with Crippen molar-refractivity contribution < 1.29 is 4.79 Å². The van der Waals surface area contributed by atoms with E-state index in [1.165, 1.54) is 11.3 Å². The highest BCUT2D eigenvalue weighted by molar-refractivity contribution is 9.10. The number of rotatable bonds is 5. The van der Waals surface area contributed by atoms with Crippen LogP contribution in [0, 0.1) is 0 Å². The van der Waals surface area contributed by atoms with Crippen LogP contribution in [0.25, 0.3) is 0 Å². The SMILES string of the molecule is CCNC(=O)CNCc1cc(Br)c(Cl)s1. The molecule has 1 rings (SSSR count). The molecule has 0 saturated carbocycles. The summed E-state index contributed by atoms with van der Waals surface area (Å²) in [6.07, 6.45) is 0. The maximum Gasteiger partial charge on any atom is 0.233 e. The number of carbonyl (C=O) groups is 1. The van der Waals surface area contributed by atoms with E-state index in [1.54, 1.807) is 0 Å². The maximum absolute atomic E-state index is 11.1. The summed E-state index contributed by atoms with van der Waals surface area (Å²) < 4.78 is 1.65. The molecule has 0 aliphatic rings. The second kappa shape index (κ2) is 6.48. The van der Waals surface area contributed by atoms with Crippen LogP contribution in [0.1, 0.15) is 11.8 Å². The van der Waals surface area contributed by atoms with Gasteiger partial charge in [0.2, 0.25) is 5.91 Å². The van der Waals surface area contributed by atoms with Crippen LogP contribution in [0.3, 0.4) is 0 Å². The van der Waals surface area contributed by atoms with Gasteiger partial charge in [0.25, 0.3) is 0 Å². The number of halogens is 2. The van der Waals surface area contributed by atoms with Crippen LogP contribution in [0.5, 0.6) is 0 Å². The van der Waals surface area contributed by atoms with Gasteiger partial charge in [-0.1, -0.05) is 11.6 Å². The van der Waals surface area contributed by atoms with E-state index in [2.05, 4.69) is 26.6 Å². The number of hydrogen-bond acceptors (Lipinski definition) is 3. The summed E-state index contributed by atoms with van der Waals surface area (Å²) in [6, 6.07) is 1.96. The van der Waals surface area contributed by atoms with Gasteiger partial charge in [0.15, 0.2) is 0 Å². The van der Waals surface area contributed by atoms with Crippen LogP contribution in [-0.4, -0.2) is 19.0 Å². The van der Waals surface area contributed by atoms with Crippen molar-refractivity contribution in [2.45, 2.75) is 13.5 Å². The Bertz CT molecular complexity index is 323. The molecule has 2 N–H and O–H groups in total. The van der Waals surface area contributed by atoms with E-state index in [0.29, 0.717) is 19.6 Å². The van der Waals surface area contributed by atoms with Gasteiger partial charge >= 0.3 is 0 Å². The lowest BCUT2D eigenvalue weighted by Gasteiger charge is -2.02. The lowest BCUT2D eigenvalue weighted by Crippen LogP contribution is -2.33. The van der Waals surface area contributed by atoms with Gasteiger partial charge in [0.05, 0.1) is 6.54 Å². The van der Waals surface area contributed by atoms with Crippen molar-refractivity contribution in [1.29, 1.82) is 0 Å². The van der Waals surface area contributed by atoms with Crippen molar-refractivity contribution in [3.05, 3.63) is 19.8 Å². The van der Waals surface area contributed by atoms with Crippen molar-refractivity contribution in [1.82, 2.24) is 10.6 Å². The van der Waals surface area contributed by atoms with Gasteiger partial charge in [-0.25, -0.2) is 0 Å². The van der Waals surface area contributed by atoms with Gasteiger partial charge in [-0.2, -0.15) is 0 Å². The monoisotopic (exact) mass is 310 g/mol. The van der Waals surface area contributed by atoms with Gasteiger partial charge in [0.1, 0.15) is 4.34 Å². The molecule has 1 aromatic rings. The summed E-state index contributed by atoms with van der Waals surface area (Å²) in [5.41, 5.74) is 0. The Morgan fingerprint density at radius 3 is 2.93 bits per heavy atom. The maximum atomic E-state index is 11.1. The molecule has 15 heavy (non-hydrogen) atoms. The molecule has 0 fully saturated rings. The van der Waals surface area contributed by atoms with E-state index in [9.17, 15) is 4.79 Å². The molecule has 0 unspecified atom stereocenters. The Labute approximate surface area is 106 Å². The average molecular weight is 312 g/mol. The molecule has 0 atom stereocenters. The Hall–Kier alpha value is -0.100. The summed E-state index contributed by atoms with van der Waals surface area (Å²) >= 11 is 10.7. The summed E-state index contributed by atoms with van der Waals surface area (Å²) in [5, 5.41) is 5.76. The van der Waals surface area contributed by atoms with E-state index in [-0.39, 0.29) is 5.91 Å². The van der Waals surface area contributed by atoms with E-state index < -0.39 is 0 Å². The third kappa shape index (κ3) is 4.51. The molecule has 0 aromatic carbocycles. The first-order chi connectivity index (χ1) is 7.13. The first kappa shape index (κ1) is 13.0. The largest absolute Gasteiger partial charge is 0.355 e. The molecule has 1 heterocycles. The van der Waals surface area contributed by atoms with Crippen molar-refractivity contribution in [2.24, 2.45) is 0 Å². The van der Waals surface area contributed by atoms with E-state index in [0.717, 1.165) is 13.7 Å². The van der Waals surface area contributed by atoms with Gasteiger partial charge < -0.3 is 10.6 Å². The molecule has 84 valence electrons. The van der Waals surface area contributed by atoms with Gasteiger partial charge in [0, 0.05) is 22.4 Å². The van der Waals surface area contributed by atoms with E-state index in [4.69, 9.17) is 11.6 Å². The number of thiophene rings is 1. The molecule has 6 heteroatoms. The van der Waals surface area contributed by atoms with Crippen molar-refractivity contribution >= 4 is 44.8 Å². The minimum atomic E-state index is 0.0132. The first-order valence-corrected chi connectivity index (χ1v) is 6.53. The molecule has 3 nitrogen and oxygen atoms in total. The van der Waals surface area contributed by atoms with Gasteiger partial charge in [-0.15, -0.1) is 11.3 Å². The summed E-state index contributed by atoms with van der Waals surface area (Å²) in [7, 11) is 0. The highest BCUT2D eigenvalue weighted by Gasteiger charge is 2.04. The van der Waals surface area contributed by atoms with Crippen molar-refractivity contribution in [2.75, 3.05) is 13.1 Å². The van der Waals surface area contributed by atoms with Gasteiger partial charge in [-0.05, 0) is 28.9 Å². The minimum absolute atomic E-state index is 0.0132. The highest BCUT2D eigenvalue weighted by atomic mass is 79.9. The second-order valence-electron chi connectivity index (χ2n) is 2.89. The fourth-order valence-corrected chi connectivity index (χ4v) is 2.80. The molecule has 0 aliphatic carbocycles. The minimum Gasteiger partial charge on any atom is -0.355 e. The molecular weight excluding hydrogens is 300 g/mol. The Morgan fingerprint density at radius 1 is 1.67 bits per heavy atom. The van der Waals surface area contributed by atoms with Crippen LogP contribution in [-0.2, 0) is 11.3 Å². The zero-order valence-electron chi connectivity index (χ0n) is 8.27. The van der Waals surface area contributed by atoms with E-state index >= 15 is 0 Å². The smallest absolute Gasteiger partial charge is 0.233 e. The molecule has 0 saturated heterocycles. The number of nitrogens with one attached hydrogen (secondary N) is 2. The molecule has 0 spiro atoms. The fourth-order valence-electron chi connectivity index (χ4n) is 1.04. The fraction of sp³-hybridized carbons (Fsp3) is 0.444. The predicted octanol–water partition coefficient (Wildman–Crippen LogP) is 2.39. The molecule has 1 aromatic heterocycles. The van der Waals surface area contributed by atoms with Gasteiger partial charge in [-0.3, -0.25) is 4.79 Å². The quantitative estimate of drug-likeness (QED) is 0.876. The topological polar surface area (TPSA) is 41.1 Å². The average Bonchev–Trinajstić information content (AvgIpc) is 2.46. The van der Waals surface area contributed by atoms with Crippen molar-refractivity contribution in [3.63, 3.8) is 0 Å². The summed E-state index contributed by atoms with van der Waals surface area (Å²) in [6.45, 7) is 3.55. The standard InChI is InChI=1S/C9H12BrClN2OS/c1-2-13-8(14)5-12-4-6-3-7(10)9(11)15-6/h3,12H,2,4-5H2,1H3,(H,13,14). The molecule has 1 amide bonds. The third-order valence-electron chi connectivity index (χ3n) is 1.65. The number of hydrogen-bond donors (Lipinski definition) is 2. The van der Waals surface area contributed by atoms with Crippen molar-refractivity contribution in [3.8, 4) is 0 Å². The summed E-state index contributed by atoms with van der Waals surface area (Å²) in [4.78, 5) is 12.2. The Morgan fingerprint density at radius 2 is 2.40 bits per heavy atom. The van der Waals surface area contributed by atoms with Crippen LogP contribution >= 0.6 is 38.9 Å². The normalized spacial score (nSPS) is 10.3. The molecular formula is C9H12BrClN2OS. The predicted molar refractivity (Wildman–Crippen MR) is 67.4 cm³/mol. The lowest BCUT2D eigenvalue weighted by atomic mass is 10.4. The van der Waals surface area contributed by atoms with Crippen LogP contribution in [0.4, 0.5) is 0 Å². The van der Waals surface area contributed by atoms with Crippen LogP contribution in [0.2, 0.25) is 4.34 Å². The number of carbonyl (C=O) groups excluding carboxylic acids is 1. The molecule has 0 radical (unpaired) electrons. The first-order valence-electron chi connectivity index (χ1n) is 4.54. The second-order valence-corrected chi connectivity index (χ2v) is 5.48. The van der Waals surface area contributed by atoms with Crippen LogP contribution < -0.4 is 10.6 Å².